The molecule has 1 aromatic heterocycles. The summed E-state index contributed by atoms with van der Waals surface area (Å²) in [6.45, 7) is 8.55. The minimum absolute atomic E-state index is 0.0766. The molecule has 8 heteroatoms. The van der Waals surface area contributed by atoms with Crippen molar-refractivity contribution in [2.45, 2.75) is 33.2 Å². The van der Waals surface area contributed by atoms with Gasteiger partial charge < -0.3 is 9.84 Å². The van der Waals surface area contributed by atoms with Crippen molar-refractivity contribution in [3.63, 3.8) is 0 Å². The van der Waals surface area contributed by atoms with Crippen LogP contribution in [-0.4, -0.2) is 64.7 Å². The fourth-order valence-electron chi connectivity index (χ4n) is 2.67. The second kappa shape index (κ2) is 8.79. The van der Waals surface area contributed by atoms with Gasteiger partial charge in [-0.2, -0.15) is 0 Å². The molecule has 24 heavy (non-hydrogen) atoms. The lowest BCUT2D eigenvalue weighted by Gasteiger charge is -2.25. The summed E-state index contributed by atoms with van der Waals surface area (Å²) in [4.78, 5) is 32.8. The van der Waals surface area contributed by atoms with Crippen LogP contribution < -0.4 is 11.2 Å². The molecule has 0 spiro atoms. The highest BCUT2D eigenvalue weighted by Gasteiger charge is 2.16. The van der Waals surface area contributed by atoms with Crippen molar-refractivity contribution in [3.8, 4) is 5.88 Å². The average molecular weight is 338 g/mol. The molecule has 0 aliphatic carbocycles. The summed E-state index contributed by atoms with van der Waals surface area (Å²) >= 11 is 0. The van der Waals surface area contributed by atoms with Crippen LogP contribution in [0.5, 0.6) is 5.88 Å². The van der Waals surface area contributed by atoms with Gasteiger partial charge in [-0.15, -0.1) is 0 Å². The van der Waals surface area contributed by atoms with Gasteiger partial charge >= 0.3 is 5.69 Å². The first-order chi connectivity index (χ1) is 11.5. The predicted molar refractivity (Wildman–Crippen MR) is 92.2 cm³/mol. The quantitative estimate of drug-likeness (QED) is 0.691. The molecule has 134 valence electrons. The number of ether oxygens (including phenoxy) is 1. The van der Waals surface area contributed by atoms with E-state index in [0.717, 1.165) is 45.7 Å². The topological polar surface area (TPSA) is 99.9 Å². The lowest BCUT2D eigenvalue weighted by molar-refractivity contribution is 0.0394. The zero-order valence-corrected chi connectivity index (χ0v) is 14.4. The van der Waals surface area contributed by atoms with Gasteiger partial charge in [-0.3, -0.25) is 24.2 Å². The molecule has 2 N–H and O–H groups in total. The molecule has 1 aliphatic heterocycles. The summed E-state index contributed by atoms with van der Waals surface area (Å²) in [6.07, 6.45) is 1.62. The Balaban J connectivity index is 2.15. The summed E-state index contributed by atoms with van der Waals surface area (Å²) in [6, 6.07) is 0. The summed E-state index contributed by atoms with van der Waals surface area (Å²) in [7, 11) is 0. The van der Waals surface area contributed by atoms with Gasteiger partial charge in [0.2, 0.25) is 5.88 Å². The van der Waals surface area contributed by atoms with E-state index < -0.39 is 11.2 Å². The molecule has 0 bridgehead atoms. The average Bonchev–Trinajstić information content (AvgIpc) is 2.55. The van der Waals surface area contributed by atoms with Crippen LogP contribution in [0.15, 0.2) is 14.6 Å². The molecule has 0 atom stereocenters. The number of morpholine rings is 1. The SMILES string of the molecule is CCCCn1c(O)c(C(C)=NCCN2CCOCC2)c(=O)[nH]c1=O. The first-order valence-corrected chi connectivity index (χ1v) is 8.42. The lowest BCUT2D eigenvalue weighted by Crippen LogP contribution is -2.38. The minimum atomic E-state index is -0.599. The Morgan fingerprint density at radius 2 is 2.00 bits per heavy atom. The Kier molecular flexibility index (Phi) is 6.74. The fourth-order valence-corrected chi connectivity index (χ4v) is 2.67. The molecule has 1 fully saturated rings. The fraction of sp³-hybridized carbons (Fsp3) is 0.688. The largest absolute Gasteiger partial charge is 0.494 e. The molecule has 1 aromatic rings. The highest BCUT2D eigenvalue weighted by molar-refractivity contribution is 6.00. The van der Waals surface area contributed by atoms with Gasteiger partial charge in [-0.1, -0.05) is 13.3 Å². The first-order valence-electron chi connectivity index (χ1n) is 8.42. The van der Waals surface area contributed by atoms with Gasteiger partial charge in [0.05, 0.1) is 19.8 Å². The van der Waals surface area contributed by atoms with Gasteiger partial charge in [0.25, 0.3) is 5.56 Å². The van der Waals surface area contributed by atoms with Crippen molar-refractivity contribution in [1.29, 1.82) is 0 Å². The predicted octanol–water partition coefficient (Wildman–Crippen LogP) is 0.184. The maximum absolute atomic E-state index is 12.1. The summed E-state index contributed by atoms with van der Waals surface area (Å²) < 4.78 is 6.49. The summed E-state index contributed by atoms with van der Waals surface area (Å²) in [5.41, 5.74) is -0.673. The highest BCUT2D eigenvalue weighted by Crippen LogP contribution is 2.12. The second-order valence-electron chi connectivity index (χ2n) is 5.88. The van der Waals surface area contributed by atoms with Crippen molar-refractivity contribution < 1.29 is 9.84 Å². The zero-order chi connectivity index (χ0) is 17.5. The van der Waals surface area contributed by atoms with E-state index in [1.165, 1.54) is 4.57 Å². The van der Waals surface area contributed by atoms with E-state index in [1.807, 2.05) is 6.92 Å². The van der Waals surface area contributed by atoms with Crippen molar-refractivity contribution in [1.82, 2.24) is 14.5 Å². The van der Waals surface area contributed by atoms with Crippen LogP contribution in [0.3, 0.4) is 0 Å². The molecular weight excluding hydrogens is 312 g/mol. The number of aromatic nitrogens is 2. The number of nitrogens with zero attached hydrogens (tertiary/aromatic N) is 3. The number of aliphatic imine (C=N–C) groups is 1. The maximum Gasteiger partial charge on any atom is 0.331 e. The van der Waals surface area contributed by atoms with E-state index >= 15 is 0 Å². The van der Waals surface area contributed by atoms with E-state index in [0.29, 0.717) is 18.8 Å². The van der Waals surface area contributed by atoms with Gasteiger partial charge in [0, 0.05) is 31.9 Å². The number of rotatable bonds is 7. The molecule has 0 amide bonds. The van der Waals surface area contributed by atoms with Crippen LogP contribution in [0.1, 0.15) is 32.3 Å². The van der Waals surface area contributed by atoms with E-state index in [9.17, 15) is 14.7 Å². The van der Waals surface area contributed by atoms with Crippen LogP contribution in [0.25, 0.3) is 0 Å². The number of aromatic hydroxyl groups is 1. The van der Waals surface area contributed by atoms with Gasteiger partial charge in [0.15, 0.2) is 0 Å². The van der Waals surface area contributed by atoms with Crippen molar-refractivity contribution in [2.75, 3.05) is 39.4 Å². The monoisotopic (exact) mass is 338 g/mol. The standard InChI is InChI=1S/C16H26N4O4/c1-3-4-6-20-15(22)13(14(21)18-16(20)23)12(2)17-5-7-19-8-10-24-11-9-19/h22H,3-11H2,1-2H3,(H,18,21,23). The zero-order valence-electron chi connectivity index (χ0n) is 14.4. The van der Waals surface area contributed by atoms with Crippen LogP contribution in [0, 0.1) is 0 Å². The molecule has 2 rings (SSSR count). The molecule has 1 aliphatic rings. The number of hydrogen-bond donors (Lipinski definition) is 2. The molecular formula is C16H26N4O4. The molecule has 8 nitrogen and oxygen atoms in total. The Hall–Kier alpha value is -1.93. The van der Waals surface area contributed by atoms with Crippen LogP contribution in [0.2, 0.25) is 0 Å². The van der Waals surface area contributed by atoms with Crippen molar-refractivity contribution in [3.05, 3.63) is 26.4 Å². The van der Waals surface area contributed by atoms with E-state index in [1.54, 1.807) is 6.92 Å². The molecule has 1 saturated heterocycles. The first kappa shape index (κ1) is 18.4. The maximum atomic E-state index is 12.1. The normalized spacial score (nSPS) is 16.5. The molecule has 0 unspecified atom stereocenters. The second-order valence-corrected chi connectivity index (χ2v) is 5.88. The Morgan fingerprint density at radius 3 is 2.67 bits per heavy atom. The summed E-state index contributed by atoms with van der Waals surface area (Å²) in [5.74, 6) is -0.301. The van der Waals surface area contributed by atoms with Crippen LogP contribution in [0.4, 0.5) is 0 Å². The number of nitrogens with one attached hydrogen (secondary N) is 1. The van der Waals surface area contributed by atoms with Crippen molar-refractivity contribution in [2.24, 2.45) is 4.99 Å². The lowest BCUT2D eigenvalue weighted by atomic mass is 10.2. The summed E-state index contributed by atoms with van der Waals surface area (Å²) in [5, 5.41) is 10.3. The Labute approximate surface area is 140 Å². The molecule has 0 aromatic carbocycles. The third kappa shape index (κ3) is 4.55. The number of hydrogen-bond acceptors (Lipinski definition) is 6. The Bertz CT molecular complexity index is 686. The smallest absolute Gasteiger partial charge is 0.331 e. The van der Waals surface area contributed by atoms with Gasteiger partial charge in [-0.05, 0) is 13.3 Å². The van der Waals surface area contributed by atoms with Gasteiger partial charge in [-0.25, -0.2) is 4.79 Å². The number of H-pyrrole nitrogens is 1. The van der Waals surface area contributed by atoms with Gasteiger partial charge in [0.1, 0.15) is 5.56 Å². The highest BCUT2D eigenvalue weighted by atomic mass is 16.5. The molecule has 2 heterocycles. The van der Waals surface area contributed by atoms with Crippen molar-refractivity contribution >= 4 is 5.71 Å². The number of aromatic amines is 1. The van der Waals surface area contributed by atoms with E-state index in [-0.39, 0.29) is 11.4 Å². The van der Waals surface area contributed by atoms with Crippen LogP contribution >= 0.6 is 0 Å². The van der Waals surface area contributed by atoms with E-state index in [4.69, 9.17) is 4.74 Å². The van der Waals surface area contributed by atoms with Crippen LogP contribution in [-0.2, 0) is 11.3 Å². The molecule has 0 saturated carbocycles. The number of unbranched alkanes of at least 4 members (excludes halogenated alkanes) is 1. The third-order valence-electron chi connectivity index (χ3n) is 4.14. The Morgan fingerprint density at radius 1 is 1.29 bits per heavy atom. The van der Waals surface area contributed by atoms with E-state index in [2.05, 4.69) is 14.9 Å². The minimum Gasteiger partial charge on any atom is -0.494 e. The third-order valence-corrected chi connectivity index (χ3v) is 4.14. The molecule has 0 radical (unpaired) electrons.